The molecule has 1 aliphatic rings. The Bertz CT molecular complexity index is 1160. The van der Waals surface area contributed by atoms with E-state index in [1.807, 2.05) is 34.7 Å². The molecule has 4 rings (SSSR count). The summed E-state index contributed by atoms with van der Waals surface area (Å²) in [4.78, 5) is 40.0. The van der Waals surface area contributed by atoms with Crippen LogP contribution in [-0.4, -0.2) is 42.8 Å². The number of fused-ring (bicyclic) bond motifs is 1. The van der Waals surface area contributed by atoms with Crippen molar-refractivity contribution < 1.29 is 9.59 Å². The maximum Gasteiger partial charge on any atom is 0.252 e. The summed E-state index contributed by atoms with van der Waals surface area (Å²) in [5, 5.41) is 0.641. The highest BCUT2D eigenvalue weighted by atomic mass is 35.5. The van der Waals surface area contributed by atoms with Crippen molar-refractivity contribution in [1.82, 2.24) is 24.4 Å². The third-order valence-corrected chi connectivity index (χ3v) is 6.12. The van der Waals surface area contributed by atoms with Crippen molar-refractivity contribution in [3.05, 3.63) is 52.3 Å². The van der Waals surface area contributed by atoms with Crippen LogP contribution in [0.4, 0.5) is 0 Å². The molecule has 9 heteroatoms. The predicted molar refractivity (Wildman–Crippen MR) is 118 cm³/mol. The van der Waals surface area contributed by atoms with E-state index in [-0.39, 0.29) is 11.9 Å². The maximum absolute atomic E-state index is 13.1. The van der Waals surface area contributed by atoms with Crippen LogP contribution in [0, 0.1) is 6.92 Å². The van der Waals surface area contributed by atoms with Crippen molar-refractivity contribution in [3.63, 3.8) is 0 Å². The first kappa shape index (κ1) is 21.2. The summed E-state index contributed by atoms with van der Waals surface area (Å²) < 4.78 is 2.00. The summed E-state index contributed by atoms with van der Waals surface area (Å²) in [5.74, 6) is 0.907. The molecule has 0 radical (unpaired) electrons. The van der Waals surface area contributed by atoms with Gasteiger partial charge in [-0.2, -0.15) is 0 Å². The highest BCUT2D eigenvalue weighted by Crippen LogP contribution is 2.30. The van der Waals surface area contributed by atoms with Crippen LogP contribution in [-0.2, 0) is 18.3 Å². The van der Waals surface area contributed by atoms with Gasteiger partial charge < -0.3 is 15.2 Å². The molecule has 3 aromatic rings. The number of primary amides is 1. The molecule has 2 N–H and O–H groups in total. The lowest BCUT2D eigenvalue weighted by atomic mass is 10.00. The van der Waals surface area contributed by atoms with Gasteiger partial charge in [-0.25, -0.2) is 15.0 Å². The Kier molecular flexibility index (Phi) is 5.91. The Hall–Kier alpha value is -3.00. The minimum absolute atomic E-state index is 0.0509. The molecule has 162 valence electrons. The summed E-state index contributed by atoms with van der Waals surface area (Å²) in [7, 11) is 1.95. The zero-order valence-corrected chi connectivity index (χ0v) is 18.4. The number of amides is 2. The van der Waals surface area contributed by atoms with E-state index in [4.69, 9.17) is 17.3 Å². The quantitative estimate of drug-likeness (QED) is 0.655. The van der Waals surface area contributed by atoms with E-state index in [9.17, 15) is 9.59 Å². The van der Waals surface area contributed by atoms with E-state index >= 15 is 0 Å². The second-order valence-corrected chi connectivity index (χ2v) is 8.35. The first-order chi connectivity index (χ1) is 14.8. The summed E-state index contributed by atoms with van der Waals surface area (Å²) in [6.07, 6.45) is 5.09. The van der Waals surface area contributed by atoms with E-state index in [0.717, 1.165) is 36.1 Å². The van der Waals surface area contributed by atoms with Crippen LogP contribution < -0.4 is 5.73 Å². The van der Waals surface area contributed by atoms with Crippen molar-refractivity contribution >= 4 is 34.4 Å². The van der Waals surface area contributed by atoms with Crippen LogP contribution in [0.15, 0.2) is 24.4 Å². The molecule has 1 saturated heterocycles. The number of aromatic nitrogens is 4. The molecule has 3 heterocycles. The van der Waals surface area contributed by atoms with Crippen LogP contribution in [0.5, 0.6) is 0 Å². The van der Waals surface area contributed by atoms with Gasteiger partial charge in [0.2, 0.25) is 5.91 Å². The van der Waals surface area contributed by atoms with Gasteiger partial charge in [-0.15, -0.1) is 0 Å². The molecule has 1 aliphatic heterocycles. The number of nitrogens with two attached hydrogens (primary N) is 1. The number of rotatable bonds is 5. The molecule has 1 unspecified atom stereocenters. The number of carbonyl (C=O) groups is 2. The second-order valence-electron chi connectivity index (χ2n) is 7.91. The molecular formula is C22H25ClN6O2. The molecule has 1 fully saturated rings. The van der Waals surface area contributed by atoms with Crippen molar-refractivity contribution in [3.8, 4) is 0 Å². The van der Waals surface area contributed by atoms with Gasteiger partial charge in [-0.05, 0) is 44.4 Å². The number of imidazole rings is 1. The summed E-state index contributed by atoms with van der Waals surface area (Å²) in [6.45, 7) is 2.40. The fourth-order valence-electron chi connectivity index (χ4n) is 4.19. The normalized spacial score (nSPS) is 16.6. The van der Waals surface area contributed by atoms with Gasteiger partial charge in [0, 0.05) is 37.7 Å². The van der Waals surface area contributed by atoms with Gasteiger partial charge >= 0.3 is 0 Å². The van der Waals surface area contributed by atoms with Gasteiger partial charge in [0.05, 0.1) is 28.3 Å². The number of likely N-dealkylation sites (tertiary alicyclic amines) is 1. The van der Waals surface area contributed by atoms with Crippen LogP contribution in [0.3, 0.4) is 0 Å². The third kappa shape index (κ3) is 4.25. The highest BCUT2D eigenvalue weighted by molar-refractivity contribution is 6.31. The SMILES string of the molecule is Cc1nc(C2CCCCN2C(=O)CCc2nc3cc(Cl)ccc3n2C)ncc1C(N)=O. The molecule has 2 aromatic heterocycles. The minimum atomic E-state index is -0.552. The van der Waals surface area contributed by atoms with Gasteiger partial charge in [0.25, 0.3) is 5.91 Å². The largest absolute Gasteiger partial charge is 0.365 e. The zero-order chi connectivity index (χ0) is 22.1. The molecule has 31 heavy (non-hydrogen) atoms. The van der Waals surface area contributed by atoms with Crippen LogP contribution in [0.1, 0.15) is 59.4 Å². The number of aryl methyl sites for hydroxylation is 3. The Balaban J connectivity index is 1.51. The first-order valence-corrected chi connectivity index (χ1v) is 10.8. The Morgan fingerprint density at radius 1 is 1.26 bits per heavy atom. The number of benzene rings is 1. The second kappa shape index (κ2) is 8.63. The molecular weight excluding hydrogens is 416 g/mol. The molecule has 0 spiro atoms. The lowest BCUT2D eigenvalue weighted by Crippen LogP contribution is -2.39. The average Bonchev–Trinajstić information content (AvgIpc) is 3.06. The van der Waals surface area contributed by atoms with Crippen molar-refractivity contribution in [2.24, 2.45) is 12.8 Å². The number of halogens is 1. The van der Waals surface area contributed by atoms with Crippen molar-refractivity contribution in [2.45, 2.75) is 45.1 Å². The van der Waals surface area contributed by atoms with Crippen LogP contribution >= 0.6 is 11.6 Å². The summed E-state index contributed by atoms with van der Waals surface area (Å²) in [5.41, 5.74) is 8.02. The fourth-order valence-corrected chi connectivity index (χ4v) is 4.36. The smallest absolute Gasteiger partial charge is 0.252 e. The van der Waals surface area contributed by atoms with Crippen molar-refractivity contribution in [1.29, 1.82) is 0 Å². The number of piperidine rings is 1. The molecule has 0 bridgehead atoms. The Morgan fingerprint density at radius 3 is 2.81 bits per heavy atom. The van der Waals surface area contributed by atoms with Gasteiger partial charge in [-0.3, -0.25) is 9.59 Å². The lowest BCUT2D eigenvalue weighted by molar-refractivity contribution is -0.135. The third-order valence-electron chi connectivity index (χ3n) is 5.88. The van der Waals surface area contributed by atoms with Gasteiger partial charge in [0.1, 0.15) is 5.82 Å². The molecule has 2 amide bonds. The minimum Gasteiger partial charge on any atom is -0.365 e. The molecule has 0 aliphatic carbocycles. The van der Waals surface area contributed by atoms with Gasteiger partial charge in [0.15, 0.2) is 5.82 Å². The summed E-state index contributed by atoms with van der Waals surface area (Å²) >= 11 is 6.07. The average molecular weight is 441 g/mol. The van der Waals surface area contributed by atoms with E-state index in [0.29, 0.717) is 41.5 Å². The van der Waals surface area contributed by atoms with Crippen molar-refractivity contribution in [2.75, 3.05) is 6.54 Å². The van der Waals surface area contributed by atoms with Crippen LogP contribution in [0.2, 0.25) is 5.02 Å². The molecule has 8 nitrogen and oxygen atoms in total. The molecule has 0 saturated carbocycles. The first-order valence-electron chi connectivity index (χ1n) is 10.4. The topological polar surface area (TPSA) is 107 Å². The highest BCUT2D eigenvalue weighted by Gasteiger charge is 2.30. The Morgan fingerprint density at radius 2 is 2.06 bits per heavy atom. The van der Waals surface area contributed by atoms with E-state index in [1.54, 1.807) is 6.92 Å². The number of carbonyl (C=O) groups excluding carboxylic acids is 2. The predicted octanol–water partition coefficient (Wildman–Crippen LogP) is 3.11. The number of hydrogen-bond donors (Lipinski definition) is 1. The lowest BCUT2D eigenvalue weighted by Gasteiger charge is -2.35. The van der Waals surface area contributed by atoms with Crippen LogP contribution in [0.25, 0.3) is 11.0 Å². The van der Waals surface area contributed by atoms with E-state index in [2.05, 4.69) is 15.0 Å². The van der Waals surface area contributed by atoms with E-state index in [1.165, 1.54) is 6.20 Å². The molecule has 1 atom stereocenters. The zero-order valence-electron chi connectivity index (χ0n) is 17.6. The molecule has 1 aromatic carbocycles. The number of nitrogens with zero attached hydrogens (tertiary/aromatic N) is 5. The number of hydrogen-bond acceptors (Lipinski definition) is 5. The van der Waals surface area contributed by atoms with Gasteiger partial charge in [-0.1, -0.05) is 11.6 Å². The van der Waals surface area contributed by atoms with E-state index < -0.39 is 5.91 Å². The fraction of sp³-hybridized carbons (Fsp3) is 0.409. The monoisotopic (exact) mass is 440 g/mol. The maximum atomic E-state index is 13.1. The summed E-state index contributed by atoms with van der Waals surface area (Å²) in [6, 6.07) is 5.41. The Labute approximate surface area is 185 Å². The standard InChI is InChI=1S/C22H25ClN6O2/c1-13-15(21(24)31)12-25-22(26-13)18-5-3-4-10-29(18)20(30)9-8-19-27-16-11-14(23)6-7-17(16)28(19)2/h6-7,11-12,18H,3-5,8-10H2,1-2H3,(H2,24,31).